The van der Waals surface area contributed by atoms with Crippen molar-refractivity contribution in [3.8, 4) is 0 Å². The predicted octanol–water partition coefficient (Wildman–Crippen LogP) is 5.60. The number of hydrogen-bond donors (Lipinski definition) is 0. The van der Waals surface area contributed by atoms with E-state index in [1.807, 2.05) is 24.4 Å². The van der Waals surface area contributed by atoms with Gasteiger partial charge in [0, 0.05) is 26.4 Å². The van der Waals surface area contributed by atoms with E-state index in [0.717, 1.165) is 17.0 Å². The maximum Gasteiger partial charge on any atom is 0.0728 e. The number of fused-ring (bicyclic) bond motifs is 1. The highest BCUT2D eigenvalue weighted by Gasteiger charge is 2.09. The second-order valence-corrected chi connectivity index (χ2v) is 6.06. The van der Waals surface area contributed by atoms with Crippen LogP contribution in [0.5, 0.6) is 0 Å². The van der Waals surface area contributed by atoms with E-state index in [9.17, 15) is 0 Å². The Morgan fingerprint density at radius 1 is 1.10 bits per heavy atom. The Balaban J connectivity index is 2.16. The summed E-state index contributed by atoms with van der Waals surface area (Å²) in [6.07, 6.45) is 2.94. The molecule has 0 atom stereocenters. The van der Waals surface area contributed by atoms with Crippen molar-refractivity contribution in [3.05, 3.63) is 65.3 Å². The summed E-state index contributed by atoms with van der Waals surface area (Å²) < 4.78 is 0. The quantitative estimate of drug-likeness (QED) is 0.624. The first kappa shape index (κ1) is 13.5. The molecule has 0 aliphatic rings. The first-order valence-corrected chi connectivity index (χ1v) is 7.77. The number of nitrogens with zero attached hydrogens (tertiary/aromatic N) is 1. The zero-order chi connectivity index (χ0) is 13.9. The van der Waals surface area contributed by atoms with Gasteiger partial charge in [0.25, 0.3) is 0 Å². The zero-order valence-electron chi connectivity index (χ0n) is 11.1. The monoisotopic (exact) mass is 299 g/mol. The van der Waals surface area contributed by atoms with Crippen molar-refractivity contribution in [2.45, 2.75) is 23.1 Å². The smallest absolute Gasteiger partial charge is 0.0728 e. The molecule has 0 radical (unpaired) electrons. The Kier molecular flexibility index (Phi) is 3.95. The molecule has 2 aromatic carbocycles. The lowest BCUT2D eigenvalue weighted by atomic mass is 10.1. The van der Waals surface area contributed by atoms with Gasteiger partial charge in [0.2, 0.25) is 0 Å². The molecule has 0 unspecified atom stereocenters. The molecular weight excluding hydrogens is 286 g/mol. The van der Waals surface area contributed by atoms with Crippen LogP contribution in [0.25, 0.3) is 10.9 Å². The van der Waals surface area contributed by atoms with Gasteiger partial charge in [0.05, 0.1) is 5.52 Å². The molecule has 1 aromatic heterocycles. The van der Waals surface area contributed by atoms with Gasteiger partial charge in [0.1, 0.15) is 0 Å². The number of halogens is 1. The number of hydrogen-bond acceptors (Lipinski definition) is 2. The molecule has 3 rings (SSSR count). The lowest BCUT2D eigenvalue weighted by Crippen LogP contribution is -1.91. The second kappa shape index (κ2) is 5.86. The molecule has 1 nitrogen and oxygen atoms in total. The highest BCUT2D eigenvalue weighted by molar-refractivity contribution is 7.99. The Morgan fingerprint density at radius 2 is 1.90 bits per heavy atom. The first-order valence-electron chi connectivity index (χ1n) is 6.58. The van der Waals surface area contributed by atoms with E-state index in [1.165, 1.54) is 20.7 Å². The SMILES string of the molecule is CCc1cnc2cc(Cl)ccc2c1Sc1ccccc1. The average molecular weight is 300 g/mol. The molecule has 3 heteroatoms. The molecule has 0 fully saturated rings. The van der Waals surface area contributed by atoms with E-state index in [4.69, 9.17) is 11.6 Å². The van der Waals surface area contributed by atoms with Crippen molar-refractivity contribution in [1.82, 2.24) is 4.98 Å². The summed E-state index contributed by atoms with van der Waals surface area (Å²) in [5, 5.41) is 1.90. The minimum atomic E-state index is 0.727. The lowest BCUT2D eigenvalue weighted by molar-refractivity contribution is 1.07. The van der Waals surface area contributed by atoms with Gasteiger partial charge in [-0.1, -0.05) is 54.6 Å². The number of aryl methyl sites for hydroxylation is 1. The normalized spacial score (nSPS) is 10.9. The first-order chi connectivity index (χ1) is 9.78. The van der Waals surface area contributed by atoms with Gasteiger partial charge in [-0.2, -0.15) is 0 Å². The van der Waals surface area contributed by atoms with E-state index < -0.39 is 0 Å². The lowest BCUT2D eigenvalue weighted by Gasteiger charge is -2.11. The summed E-state index contributed by atoms with van der Waals surface area (Å²) in [5.74, 6) is 0. The highest BCUT2D eigenvalue weighted by Crippen LogP contribution is 2.36. The van der Waals surface area contributed by atoms with Crippen molar-refractivity contribution in [2.75, 3.05) is 0 Å². The number of benzene rings is 2. The van der Waals surface area contributed by atoms with Crippen molar-refractivity contribution in [2.24, 2.45) is 0 Å². The Morgan fingerprint density at radius 3 is 2.65 bits per heavy atom. The summed E-state index contributed by atoms with van der Waals surface area (Å²) >= 11 is 7.85. The molecule has 0 amide bonds. The Bertz CT molecular complexity index is 741. The van der Waals surface area contributed by atoms with Crippen LogP contribution in [0.15, 0.2) is 64.5 Å². The minimum Gasteiger partial charge on any atom is -0.256 e. The third kappa shape index (κ3) is 2.67. The second-order valence-electron chi connectivity index (χ2n) is 4.54. The summed E-state index contributed by atoms with van der Waals surface area (Å²) in [5.41, 5.74) is 2.22. The summed E-state index contributed by atoms with van der Waals surface area (Å²) in [6.45, 7) is 2.16. The third-order valence-corrected chi connectivity index (χ3v) is 4.63. The van der Waals surface area contributed by atoms with Crippen LogP contribution in [-0.2, 0) is 6.42 Å². The number of pyridine rings is 1. The van der Waals surface area contributed by atoms with Gasteiger partial charge in [-0.05, 0) is 36.2 Å². The largest absolute Gasteiger partial charge is 0.256 e. The maximum absolute atomic E-state index is 6.06. The van der Waals surface area contributed by atoms with Gasteiger partial charge in [0.15, 0.2) is 0 Å². The van der Waals surface area contributed by atoms with Crippen LogP contribution >= 0.6 is 23.4 Å². The van der Waals surface area contributed by atoms with Crippen LogP contribution in [0.3, 0.4) is 0 Å². The van der Waals surface area contributed by atoms with E-state index in [2.05, 4.69) is 42.2 Å². The molecule has 1 heterocycles. The molecule has 0 aliphatic carbocycles. The highest BCUT2D eigenvalue weighted by atomic mass is 35.5. The van der Waals surface area contributed by atoms with Crippen LogP contribution < -0.4 is 0 Å². The summed E-state index contributed by atoms with van der Waals surface area (Å²) in [7, 11) is 0. The molecule has 0 N–H and O–H groups in total. The van der Waals surface area contributed by atoms with Crippen LogP contribution in [-0.4, -0.2) is 4.98 Å². The summed E-state index contributed by atoms with van der Waals surface area (Å²) in [6, 6.07) is 16.3. The van der Waals surface area contributed by atoms with Gasteiger partial charge < -0.3 is 0 Å². The molecule has 0 aliphatic heterocycles. The van der Waals surface area contributed by atoms with Gasteiger partial charge in [-0.15, -0.1) is 0 Å². The fourth-order valence-electron chi connectivity index (χ4n) is 2.16. The van der Waals surface area contributed by atoms with Gasteiger partial charge >= 0.3 is 0 Å². The fourth-order valence-corrected chi connectivity index (χ4v) is 3.47. The molecule has 100 valence electrons. The minimum absolute atomic E-state index is 0.727. The van der Waals surface area contributed by atoms with Gasteiger partial charge in [-0.3, -0.25) is 4.98 Å². The molecule has 3 aromatic rings. The average Bonchev–Trinajstić information content (AvgIpc) is 2.48. The topological polar surface area (TPSA) is 12.9 Å². The Hall–Kier alpha value is -1.51. The van der Waals surface area contributed by atoms with Crippen molar-refractivity contribution < 1.29 is 0 Å². The molecule has 0 spiro atoms. The maximum atomic E-state index is 6.06. The van der Waals surface area contributed by atoms with E-state index in [1.54, 1.807) is 11.8 Å². The number of rotatable bonds is 3. The van der Waals surface area contributed by atoms with E-state index in [0.29, 0.717) is 0 Å². The molecule has 0 saturated heterocycles. The fraction of sp³-hybridized carbons (Fsp3) is 0.118. The van der Waals surface area contributed by atoms with E-state index >= 15 is 0 Å². The standard InChI is InChI=1S/C17H14ClNS/c1-2-12-11-19-16-10-13(18)8-9-15(16)17(12)20-14-6-4-3-5-7-14/h3-11H,2H2,1H3. The van der Waals surface area contributed by atoms with E-state index in [-0.39, 0.29) is 0 Å². The zero-order valence-corrected chi connectivity index (χ0v) is 12.7. The van der Waals surface area contributed by atoms with Crippen LogP contribution in [0, 0.1) is 0 Å². The molecule has 0 saturated carbocycles. The third-order valence-electron chi connectivity index (χ3n) is 3.20. The molecule has 20 heavy (non-hydrogen) atoms. The van der Waals surface area contributed by atoms with Crippen molar-refractivity contribution >= 4 is 34.3 Å². The van der Waals surface area contributed by atoms with Crippen LogP contribution in [0.2, 0.25) is 5.02 Å². The molecule has 0 bridgehead atoms. The number of aromatic nitrogens is 1. The predicted molar refractivity (Wildman–Crippen MR) is 86.7 cm³/mol. The van der Waals surface area contributed by atoms with Crippen molar-refractivity contribution in [1.29, 1.82) is 0 Å². The Labute approximate surface area is 128 Å². The molecular formula is C17H14ClNS. The van der Waals surface area contributed by atoms with Crippen LogP contribution in [0.1, 0.15) is 12.5 Å². The van der Waals surface area contributed by atoms with Crippen molar-refractivity contribution in [3.63, 3.8) is 0 Å². The van der Waals surface area contributed by atoms with Crippen LogP contribution in [0.4, 0.5) is 0 Å². The van der Waals surface area contributed by atoms with Gasteiger partial charge in [-0.25, -0.2) is 0 Å². The summed E-state index contributed by atoms with van der Waals surface area (Å²) in [4.78, 5) is 7.04.